The van der Waals surface area contributed by atoms with Gasteiger partial charge in [-0.2, -0.15) is 8.78 Å². The summed E-state index contributed by atoms with van der Waals surface area (Å²) in [5.41, 5.74) is -0.0854. The summed E-state index contributed by atoms with van der Waals surface area (Å²) in [4.78, 5) is 52.3. The van der Waals surface area contributed by atoms with Crippen molar-refractivity contribution in [2.75, 3.05) is 0 Å². The van der Waals surface area contributed by atoms with E-state index in [1.54, 1.807) is 26.0 Å². The van der Waals surface area contributed by atoms with Crippen molar-refractivity contribution in [2.45, 2.75) is 37.3 Å². The number of rotatable bonds is 5. The van der Waals surface area contributed by atoms with Gasteiger partial charge in [0.2, 0.25) is 19.8 Å². The Kier molecular flexibility index (Phi) is 6.01. The first-order chi connectivity index (χ1) is 15.9. The van der Waals surface area contributed by atoms with E-state index >= 15 is 0 Å². The number of hydrogen-bond acceptors (Lipinski definition) is 4. The van der Waals surface area contributed by atoms with Crippen molar-refractivity contribution in [3.8, 4) is 0 Å². The molecule has 4 rings (SSSR count). The molecule has 0 aliphatic carbocycles. The summed E-state index contributed by atoms with van der Waals surface area (Å²) in [7, 11) is 3.04. The number of halogens is 3. The van der Waals surface area contributed by atoms with Crippen LogP contribution in [-0.2, 0) is 33.4 Å². The second-order valence-corrected chi connectivity index (χ2v) is 9.11. The molecule has 12 heteroatoms. The molecule has 0 saturated carbocycles. The summed E-state index contributed by atoms with van der Waals surface area (Å²) in [6.07, 6.45) is 0.370. The lowest BCUT2D eigenvalue weighted by Crippen LogP contribution is -2.64. The fourth-order valence-corrected chi connectivity index (χ4v) is 4.44. The molecule has 0 bridgehead atoms. The molecule has 1 fully saturated rings. The molecule has 1 unspecified atom stereocenters. The minimum Gasteiger partial charge on any atom is -0.346 e. The Bertz CT molecular complexity index is 1210. The Hall–Kier alpha value is -3.20. The van der Waals surface area contributed by atoms with Crippen molar-refractivity contribution in [3.63, 3.8) is 0 Å². The lowest BCUT2D eigenvalue weighted by atomic mass is 9.68. The minimum absolute atomic E-state index is 0.140. The Balaban J connectivity index is 1.47. The summed E-state index contributed by atoms with van der Waals surface area (Å²) in [6.45, 7) is -0.0297. The number of nitrogens with one attached hydrogen (secondary N) is 1. The normalized spacial score (nSPS) is 20.5. The molecule has 0 radical (unpaired) electrons. The SMILES string of the molecule is BN1C(=O)CCC(B)(N2Cc3cc(CNC(=O)C(F)(F)c4ccc(Cl)cc4)ccc3C2=O)C1=O. The number of fused-ring (bicyclic) bond motifs is 1. The second-order valence-electron chi connectivity index (χ2n) is 8.68. The maximum absolute atomic E-state index is 14.5. The van der Waals surface area contributed by atoms with Gasteiger partial charge < -0.3 is 15.0 Å². The predicted molar refractivity (Wildman–Crippen MR) is 124 cm³/mol. The molecule has 1 atom stereocenters. The van der Waals surface area contributed by atoms with E-state index in [9.17, 15) is 28.0 Å². The zero-order valence-electron chi connectivity index (χ0n) is 18.5. The molecule has 2 aromatic carbocycles. The first-order valence-electron chi connectivity index (χ1n) is 10.6. The Morgan fingerprint density at radius 3 is 2.50 bits per heavy atom. The molecule has 0 spiro atoms. The van der Waals surface area contributed by atoms with Gasteiger partial charge in [0.1, 0.15) is 7.85 Å². The van der Waals surface area contributed by atoms with E-state index in [4.69, 9.17) is 11.6 Å². The van der Waals surface area contributed by atoms with Crippen LogP contribution in [0.3, 0.4) is 0 Å². The third-order valence-corrected chi connectivity index (χ3v) is 6.73. The number of carbonyl (C=O) groups is 4. The van der Waals surface area contributed by atoms with Gasteiger partial charge in [0, 0.05) is 35.7 Å². The highest BCUT2D eigenvalue weighted by molar-refractivity contribution is 6.38. The maximum atomic E-state index is 14.5. The summed E-state index contributed by atoms with van der Waals surface area (Å²) >= 11 is 5.72. The van der Waals surface area contributed by atoms with Gasteiger partial charge in [-0.25, -0.2) is 0 Å². The number of hydrogen-bond donors (Lipinski definition) is 1. The average Bonchev–Trinajstić information content (AvgIpc) is 3.15. The largest absolute Gasteiger partial charge is 0.349 e. The van der Waals surface area contributed by atoms with Crippen LogP contribution in [0.5, 0.6) is 0 Å². The highest BCUT2D eigenvalue weighted by Crippen LogP contribution is 2.35. The van der Waals surface area contributed by atoms with Crippen LogP contribution < -0.4 is 5.32 Å². The molecule has 2 aliphatic heterocycles. The zero-order chi connectivity index (χ0) is 24.8. The van der Waals surface area contributed by atoms with Crippen LogP contribution >= 0.6 is 11.6 Å². The second kappa shape index (κ2) is 8.54. The van der Waals surface area contributed by atoms with Crippen LogP contribution in [0.25, 0.3) is 0 Å². The Morgan fingerprint density at radius 2 is 1.82 bits per heavy atom. The lowest BCUT2D eigenvalue weighted by Gasteiger charge is -2.43. The van der Waals surface area contributed by atoms with E-state index in [-0.39, 0.29) is 42.8 Å². The summed E-state index contributed by atoms with van der Waals surface area (Å²) in [6, 6.07) is 9.54. The van der Waals surface area contributed by atoms with E-state index < -0.39 is 28.7 Å². The van der Waals surface area contributed by atoms with Crippen molar-refractivity contribution < 1.29 is 28.0 Å². The number of piperidine rings is 1. The average molecular weight is 485 g/mol. The summed E-state index contributed by atoms with van der Waals surface area (Å²) in [5.74, 6) is -6.27. The quantitative estimate of drug-likeness (QED) is 0.500. The number of carbonyl (C=O) groups excluding carboxylic acids is 4. The number of amides is 4. The third-order valence-electron chi connectivity index (χ3n) is 6.48. The summed E-state index contributed by atoms with van der Waals surface area (Å²) < 4.78 is 29.0. The fraction of sp³-hybridized carbons (Fsp3) is 0.273. The van der Waals surface area contributed by atoms with Crippen LogP contribution in [0.4, 0.5) is 8.78 Å². The smallest absolute Gasteiger partial charge is 0.346 e. The number of alkyl halides is 2. The van der Waals surface area contributed by atoms with Gasteiger partial charge in [-0.15, -0.1) is 0 Å². The van der Waals surface area contributed by atoms with Gasteiger partial charge >= 0.3 is 5.92 Å². The predicted octanol–water partition coefficient (Wildman–Crippen LogP) is 0.730. The van der Waals surface area contributed by atoms with Crippen molar-refractivity contribution in [1.29, 1.82) is 0 Å². The van der Waals surface area contributed by atoms with Crippen LogP contribution in [-0.4, -0.2) is 54.6 Å². The number of benzene rings is 2. The molecule has 0 aromatic heterocycles. The molecule has 4 amide bonds. The van der Waals surface area contributed by atoms with Crippen LogP contribution in [0.15, 0.2) is 42.5 Å². The highest BCUT2D eigenvalue weighted by Gasteiger charge is 2.50. The molecule has 7 nitrogen and oxygen atoms in total. The maximum Gasteiger partial charge on any atom is 0.349 e. The summed E-state index contributed by atoms with van der Waals surface area (Å²) in [5, 5.41) is 2.52. The van der Waals surface area contributed by atoms with E-state index in [0.717, 1.165) is 16.9 Å². The Morgan fingerprint density at radius 1 is 1.15 bits per heavy atom. The van der Waals surface area contributed by atoms with Crippen molar-refractivity contribution in [2.24, 2.45) is 0 Å². The molecule has 1 N–H and O–H groups in total. The zero-order valence-corrected chi connectivity index (χ0v) is 19.3. The van der Waals surface area contributed by atoms with E-state index in [2.05, 4.69) is 5.32 Å². The Labute approximate surface area is 201 Å². The van der Waals surface area contributed by atoms with Gasteiger partial charge in [0.25, 0.3) is 11.8 Å². The third kappa shape index (κ3) is 3.98. The van der Waals surface area contributed by atoms with Gasteiger partial charge in [-0.05, 0) is 35.7 Å². The topological polar surface area (TPSA) is 86.8 Å². The molecule has 34 heavy (non-hydrogen) atoms. The van der Waals surface area contributed by atoms with Crippen LogP contribution in [0, 0.1) is 0 Å². The van der Waals surface area contributed by atoms with Gasteiger partial charge in [0.15, 0.2) is 0 Å². The van der Waals surface area contributed by atoms with Crippen molar-refractivity contribution >= 4 is 51.1 Å². The van der Waals surface area contributed by atoms with Crippen LogP contribution in [0.1, 0.15) is 39.9 Å². The molecule has 2 aliphatic rings. The highest BCUT2D eigenvalue weighted by atomic mass is 35.5. The van der Waals surface area contributed by atoms with E-state index in [0.29, 0.717) is 16.7 Å². The van der Waals surface area contributed by atoms with Gasteiger partial charge in [0.05, 0.1) is 5.44 Å². The number of imide groups is 1. The van der Waals surface area contributed by atoms with E-state index in [1.165, 1.54) is 25.0 Å². The molecule has 1 saturated heterocycles. The first-order valence-corrected chi connectivity index (χ1v) is 11.0. The molecule has 2 heterocycles. The lowest BCUT2D eigenvalue weighted by molar-refractivity contribution is -0.148. The monoisotopic (exact) mass is 485 g/mol. The van der Waals surface area contributed by atoms with Crippen molar-refractivity contribution in [1.82, 2.24) is 15.0 Å². The molecule has 174 valence electrons. The first kappa shape index (κ1) is 23.9. The van der Waals surface area contributed by atoms with Gasteiger partial charge in [-0.3, -0.25) is 19.2 Å². The van der Waals surface area contributed by atoms with Gasteiger partial charge in [-0.1, -0.05) is 35.9 Å². The molecular formula is C22H20B2ClF2N3O4. The van der Waals surface area contributed by atoms with Crippen molar-refractivity contribution in [3.05, 3.63) is 69.7 Å². The minimum atomic E-state index is -3.74. The van der Waals surface area contributed by atoms with E-state index in [1.807, 2.05) is 0 Å². The fourth-order valence-electron chi connectivity index (χ4n) is 4.32. The molecule has 2 aromatic rings. The van der Waals surface area contributed by atoms with Crippen LogP contribution in [0.2, 0.25) is 5.02 Å². The standard InChI is InChI=1S/C22H20B2ClF2N3O4/c23-21(8-7-17(31)30(24)20(21)34)29-11-13-9-12(1-6-16(13)18(29)32)10-28-19(33)22(26,27)14-2-4-15(25)5-3-14/h1-6,9H,7-8,10-11,23-24H2,(H,28,33). The number of nitrogens with zero attached hydrogens (tertiary/aromatic N) is 2. The molecular weight excluding hydrogens is 465 g/mol.